The lowest BCUT2D eigenvalue weighted by Crippen LogP contribution is -2.43. The third kappa shape index (κ3) is 5.52. The summed E-state index contributed by atoms with van der Waals surface area (Å²) in [6, 6.07) is 5.24. The number of nitrogens with zero attached hydrogens (tertiary/aromatic N) is 1. The van der Waals surface area contributed by atoms with Crippen LogP contribution in [0, 0.1) is 0 Å². The summed E-state index contributed by atoms with van der Waals surface area (Å²) >= 11 is 0. The van der Waals surface area contributed by atoms with Gasteiger partial charge in [-0.2, -0.15) is 8.42 Å². The molecule has 2 rings (SSSR count). The quantitative estimate of drug-likeness (QED) is 0.711. The van der Waals surface area contributed by atoms with E-state index in [4.69, 9.17) is 8.92 Å². The number of benzene rings is 1. The molecular weight excluding hydrogens is 344 g/mol. The van der Waals surface area contributed by atoms with Crippen molar-refractivity contribution in [1.82, 2.24) is 10.2 Å². The molecule has 140 valence electrons. The Morgan fingerprint density at radius 2 is 2.00 bits per heavy atom. The van der Waals surface area contributed by atoms with Gasteiger partial charge in [-0.25, -0.2) is 4.79 Å². The molecule has 0 unspecified atom stereocenters. The van der Waals surface area contributed by atoms with Crippen molar-refractivity contribution in [1.29, 1.82) is 0 Å². The topological polar surface area (TPSA) is 84.9 Å². The first kappa shape index (κ1) is 19.4. The summed E-state index contributed by atoms with van der Waals surface area (Å²) in [5, 5.41) is 2.90. The molecule has 0 atom stereocenters. The number of hydrogen-bond acceptors (Lipinski definition) is 5. The Bertz CT molecular complexity index is 714. The zero-order valence-corrected chi connectivity index (χ0v) is 15.9. The standard InChI is InChI=1S/C17H26N2O5S/c1-5-25(21,22)24-16-10-13(6-9-15(16)23-4)11-19(14-7-8-14)17(20)18-12(2)3/h6,9-10,12,14H,5,7-8,11H2,1-4H3,(H,18,20). The fraction of sp³-hybridized carbons (Fsp3) is 0.588. The molecule has 0 aliphatic heterocycles. The van der Waals surface area contributed by atoms with Crippen molar-refractivity contribution in [2.45, 2.75) is 52.2 Å². The monoisotopic (exact) mass is 370 g/mol. The van der Waals surface area contributed by atoms with Crippen molar-refractivity contribution < 1.29 is 22.1 Å². The normalized spacial score (nSPS) is 14.3. The first-order valence-electron chi connectivity index (χ1n) is 8.42. The lowest BCUT2D eigenvalue weighted by Gasteiger charge is -2.24. The summed E-state index contributed by atoms with van der Waals surface area (Å²) in [6.45, 7) is 5.72. The van der Waals surface area contributed by atoms with E-state index in [1.165, 1.54) is 14.0 Å². The molecule has 1 saturated carbocycles. The van der Waals surface area contributed by atoms with Crippen LogP contribution in [0.1, 0.15) is 39.2 Å². The van der Waals surface area contributed by atoms with Crippen molar-refractivity contribution >= 4 is 16.1 Å². The SMILES string of the molecule is CCS(=O)(=O)Oc1cc(CN(C(=O)NC(C)C)C2CC2)ccc1OC. The van der Waals surface area contributed by atoms with E-state index in [0.717, 1.165) is 18.4 Å². The minimum Gasteiger partial charge on any atom is -0.493 e. The highest BCUT2D eigenvalue weighted by Gasteiger charge is 2.33. The van der Waals surface area contributed by atoms with Crippen molar-refractivity contribution in [2.24, 2.45) is 0 Å². The van der Waals surface area contributed by atoms with Gasteiger partial charge >= 0.3 is 16.1 Å². The molecule has 0 heterocycles. The summed E-state index contributed by atoms with van der Waals surface area (Å²) < 4.78 is 33.8. The van der Waals surface area contributed by atoms with Crippen LogP contribution in [0.15, 0.2) is 18.2 Å². The summed E-state index contributed by atoms with van der Waals surface area (Å²) in [4.78, 5) is 14.2. The van der Waals surface area contributed by atoms with E-state index < -0.39 is 10.1 Å². The molecule has 1 aliphatic rings. The van der Waals surface area contributed by atoms with E-state index in [0.29, 0.717) is 12.3 Å². The maximum Gasteiger partial charge on any atom is 0.318 e. The molecule has 0 bridgehead atoms. The van der Waals surface area contributed by atoms with Crippen molar-refractivity contribution in [3.05, 3.63) is 23.8 Å². The third-order valence-corrected chi connectivity index (χ3v) is 4.95. The van der Waals surface area contributed by atoms with Crippen molar-refractivity contribution in [3.63, 3.8) is 0 Å². The van der Waals surface area contributed by atoms with E-state index in [2.05, 4.69) is 5.32 Å². The third-order valence-electron chi connectivity index (χ3n) is 3.81. The number of urea groups is 1. The highest BCUT2D eigenvalue weighted by Crippen LogP contribution is 2.32. The fourth-order valence-corrected chi connectivity index (χ4v) is 2.88. The minimum absolute atomic E-state index is 0.0539. The van der Waals surface area contributed by atoms with Gasteiger partial charge in [-0.15, -0.1) is 0 Å². The minimum atomic E-state index is -3.66. The van der Waals surface area contributed by atoms with Gasteiger partial charge in [-0.05, 0) is 51.3 Å². The second kappa shape index (κ2) is 7.95. The Kier molecular flexibility index (Phi) is 6.16. The number of carbonyl (C=O) groups excluding carboxylic acids is 1. The zero-order valence-electron chi connectivity index (χ0n) is 15.1. The second-order valence-corrected chi connectivity index (χ2v) is 8.24. The summed E-state index contributed by atoms with van der Waals surface area (Å²) in [6.07, 6.45) is 1.96. The summed E-state index contributed by atoms with van der Waals surface area (Å²) in [5.74, 6) is 0.345. The first-order valence-corrected chi connectivity index (χ1v) is 9.99. The van der Waals surface area contributed by atoms with Gasteiger partial charge in [0, 0.05) is 18.6 Å². The maximum absolute atomic E-state index is 12.4. The molecule has 0 aromatic heterocycles. The first-order chi connectivity index (χ1) is 11.8. The van der Waals surface area contributed by atoms with E-state index in [1.54, 1.807) is 17.0 Å². The Labute approximate surface area is 149 Å². The van der Waals surface area contributed by atoms with Crippen molar-refractivity contribution in [3.8, 4) is 11.5 Å². The largest absolute Gasteiger partial charge is 0.493 e. The van der Waals surface area contributed by atoms with Crippen molar-refractivity contribution in [2.75, 3.05) is 12.9 Å². The van der Waals surface area contributed by atoms with Crippen LogP contribution in [0.5, 0.6) is 11.5 Å². The number of hydrogen-bond donors (Lipinski definition) is 1. The highest BCUT2D eigenvalue weighted by atomic mass is 32.2. The predicted octanol–water partition coefficient (Wildman–Crippen LogP) is 2.51. The molecule has 25 heavy (non-hydrogen) atoms. The predicted molar refractivity (Wildman–Crippen MR) is 95.3 cm³/mol. The molecule has 1 aliphatic carbocycles. The van der Waals surface area contributed by atoms with Crippen LogP contribution in [-0.4, -0.2) is 44.3 Å². The van der Waals surface area contributed by atoms with Crippen LogP contribution in [-0.2, 0) is 16.7 Å². The fourth-order valence-electron chi connectivity index (χ4n) is 2.36. The number of rotatable bonds is 8. The van der Waals surface area contributed by atoms with Crippen LogP contribution in [0.25, 0.3) is 0 Å². The average Bonchev–Trinajstić information content (AvgIpc) is 3.36. The lowest BCUT2D eigenvalue weighted by atomic mass is 10.2. The van der Waals surface area contributed by atoms with Gasteiger partial charge in [0.1, 0.15) is 0 Å². The molecule has 0 saturated heterocycles. The van der Waals surface area contributed by atoms with Crippen LogP contribution < -0.4 is 14.2 Å². The molecule has 1 aromatic carbocycles. The smallest absolute Gasteiger partial charge is 0.318 e. The van der Waals surface area contributed by atoms with Crippen LogP contribution in [0.2, 0.25) is 0 Å². The zero-order chi connectivity index (χ0) is 18.6. The summed E-state index contributed by atoms with van der Waals surface area (Å²) in [5.41, 5.74) is 0.785. The molecule has 1 aromatic rings. The number of amides is 2. The van der Waals surface area contributed by atoms with Gasteiger partial charge in [-0.1, -0.05) is 6.07 Å². The van der Waals surface area contributed by atoms with Crippen LogP contribution in [0.3, 0.4) is 0 Å². The Balaban J connectivity index is 2.21. The molecule has 7 nitrogen and oxygen atoms in total. The van der Waals surface area contributed by atoms with Gasteiger partial charge < -0.3 is 19.1 Å². The highest BCUT2D eigenvalue weighted by molar-refractivity contribution is 7.87. The lowest BCUT2D eigenvalue weighted by molar-refractivity contribution is 0.189. The van der Waals surface area contributed by atoms with Crippen LogP contribution in [0.4, 0.5) is 4.79 Å². The molecule has 0 spiro atoms. The molecule has 0 radical (unpaired) electrons. The van der Waals surface area contributed by atoms with Gasteiger partial charge in [0.2, 0.25) is 0 Å². The van der Waals surface area contributed by atoms with Gasteiger partial charge in [-0.3, -0.25) is 0 Å². The van der Waals surface area contributed by atoms with Gasteiger partial charge in [0.25, 0.3) is 0 Å². The average molecular weight is 370 g/mol. The molecule has 1 fully saturated rings. The number of carbonyl (C=O) groups is 1. The number of methoxy groups -OCH3 is 1. The second-order valence-electron chi connectivity index (χ2n) is 6.38. The van der Waals surface area contributed by atoms with Gasteiger partial charge in [0.05, 0.1) is 12.9 Å². The molecule has 8 heteroatoms. The number of ether oxygens (including phenoxy) is 1. The Morgan fingerprint density at radius 1 is 1.32 bits per heavy atom. The van der Waals surface area contributed by atoms with Crippen LogP contribution >= 0.6 is 0 Å². The van der Waals surface area contributed by atoms with E-state index in [-0.39, 0.29) is 29.6 Å². The van der Waals surface area contributed by atoms with Gasteiger partial charge in [0.15, 0.2) is 11.5 Å². The van der Waals surface area contributed by atoms with E-state index >= 15 is 0 Å². The number of nitrogens with one attached hydrogen (secondary N) is 1. The van der Waals surface area contributed by atoms with E-state index in [9.17, 15) is 13.2 Å². The Morgan fingerprint density at radius 3 is 2.52 bits per heavy atom. The molecule has 2 amide bonds. The van der Waals surface area contributed by atoms with E-state index in [1.807, 2.05) is 19.9 Å². The maximum atomic E-state index is 12.4. The molecule has 1 N–H and O–H groups in total. The molecular formula is C17H26N2O5S. The Hall–Kier alpha value is -1.96. The summed E-state index contributed by atoms with van der Waals surface area (Å²) in [7, 11) is -2.21.